The number of nitrogens with one attached hydrogen (secondary N) is 1. The summed E-state index contributed by atoms with van der Waals surface area (Å²) in [5.74, 6) is 0.649. The number of thiocarbonyl (C=S) groups is 1. The predicted octanol–water partition coefficient (Wildman–Crippen LogP) is 3.73. The van der Waals surface area contributed by atoms with Crippen molar-refractivity contribution in [1.82, 2.24) is 0 Å². The Bertz CT molecular complexity index is 599. The number of hydrogen-bond acceptors (Lipinski definition) is 3. The second-order valence-corrected chi connectivity index (χ2v) is 4.76. The lowest BCUT2D eigenvalue weighted by Gasteiger charge is -2.09. The largest absolute Gasteiger partial charge is 0.495 e. The molecule has 0 aliphatic rings. The molecule has 19 heavy (non-hydrogen) atoms. The van der Waals surface area contributed by atoms with Gasteiger partial charge in [0.1, 0.15) is 10.7 Å². The van der Waals surface area contributed by atoms with E-state index in [1.54, 1.807) is 7.11 Å². The van der Waals surface area contributed by atoms with Gasteiger partial charge in [0, 0.05) is 16.9 Å². The molecule has 0 amide bonds. The normalized spacial score (nSPS) is 10.0. The zero-order valence-electron chi connectivity index (χ0n) is 10.3. The van der Waals surface area contributed by atoms with Crippen LogP contribution in [0.5, 0.6) is 5.75 Å². The van der Waals surface area contributed by atoms with E-state index < -0.39 is 0 Å². The van der Waals surface area contributed by atoms with Crippen LogP contribution in [0.2, 0.25) is 5.02 Å². The molecule has 0 aliphatic carbocycles. The molecule has 0 atom stereocenters. The minimum Gasteiger partial charge on any atom is -0.495 e. The van der Waals surface area contributed by atoms with Gasteiger partial charge in [-0.15, -0.1) is 0 Å². The molecule has 0 bridgehead atoms. The maximum Gasteiger partial charge on any atom is 0.137 e. The van der Waals surface area contributed by atoms with Crippen molar-refractivity contribution in [2.45, 2.75) is 0 Å². The average Bonchev–Trinajstić information content (AvgIpc) is 2.39. The van der Waals surface area contributed by atoms with Crippen molar-refractivity contribution in [1.29, 1.82) is 0 Å². The van der Waals surface area contributed by atoms with Crippen LogP contribution >= 0.6 is 23.8 Å². The maximum atomic E-state index is 6.06. The number of benzene rings is 2. The summed E-state index contributed by atoms with van der Waals surface area (Å²) in [4.78, 5) is 0.388. The Morgan fingerprint density at radius 3 is 2.32 bits per heavy atom. The van der Waals surface area contributed by atoms with E-state index in [0.29, 0.717) is 15.8 Å². The van der Waals surface area contributed by atoms with E-state index in [2.05, 4.69) is 5.32 Å². The molecule has 0 saturated carbocycles. The first-order chi connectivity index (χ1) is 9.10. The fourth-order valence-corrected chi connectivity index (χ4v) is 2.02. The zero-order chi connectivity index (χ0) is 13.8. The number of ether oxygens (including phenoxy) is 1. The maximum absolute atomic E-state index is 6.06. The van der Waals surface area contributed by atoms with Crippen LogP contribution in [-0.4, -0.2) is 12.1 Å². The minimum atomic E-state index is 0.388. The summed E-state index contributed by atoms with van der Waals surface area (Å²) in [6, 6.07) is 13.1. The standard InChI is InChI=1S/C14H13ClN2OS/c1-18-13-7-6-11(8-12(13)15)17-10-4-2-9(3-5-10)14(16)19/h2-8,17H,1H3,(H2,16,19). The van der Waals surface area contributed by atoms with E-state index in [-0.39, 0.29) is 0 Å². The third kappa shape index (κ3) is 3.36. The van der Waals surface area contributed by atoms with Gasteiger partial charge in [-0.25, -0.2) is 0 Å². The molecule has 2 rings (SSSR count). The van der Waals surface area contributed by atoms with E-state index in [1.807, 2.05) is 42.5 Å². The van der Waals surface area contributed by atoms with Gasteiger partial charge in [0.15, 0.2) is 0 Å². The minimum absolute atomic E-state index is 0.388. The van der Waals surface area contributed by atoms with Crippen molar-refractivity contribution < 1.29 is 4.74 Å². The fourth-order valence-electron chi connectivity index (χ4n) is 1.63. The van der Waals surface area contributed by atoms with Crippen molar-refractivity contribution in [2.24, 2.45) is 5.73 Å². The molecular weight excluding hydrogens is 280 g/mol. The molecule has 2 aromatic carbocycles. The van der Waals surface area contributed by atoms with Crippen molar-refractivity contribution in [3.05, 3.63) is 53.1 Å². The summed E-state index contributed by atoms with van der Waals surface area (Å²) in [6.07, 6.45) is 0. The summed E-state index contributed by atoms with van der Waals surface area (Å²) in [5.41, 5.74) is 8.20. The lowest BCUT2D eigenvalue weighted by molar-refractivity contribution is 0.415. The number of methoxy groups -OCH3 is 1. The van der Waals surface area contributed by atoms with Crippen LogP contribution in [0.25, 0.3) is 0 Å². The van der Waals surface area contributed by atoms with Crippen LogP contribution in [0.15, 0.2) is 42.5 Å². The predicted molar refractivity (Wildman–Crippen MR) is 83.6 cm³/mol. The van der Waals surface area contributed by atoms with Gasteiger partial charge in [-0.2, -0.15) is 0 Å². The Labute approximate surface area is 122 Å². The first-order valence-electron chi connectivity index (χ1n) is 5.60. The molecule has 0 spiro atoms. The lowest BCUT2D eigenvalue weighted by atomic mass is 10.2. The molecule has 0 aromatic heterocycles. The van der Waals surface area contributed by atoms with Crippen molar-refractivity contribution in [3.63, 3.8) is 0 Å². The number of nitrogens with two attached hydrogens (primary N) is 1. The van der Waals surface area contributed by atoms with E-state index >= 15 is 0 Å². The van der Waals surface area contributed by atoms with Crippen molar-refractivity contribution in [2.75, 3.05) is 12.4 Å². The van der Waals surface area contributed by atoms with E-state index in [4.69, 9.17) is 34.3 Å². The molecule has 0 radical (unpaired) electrons. The quantitative estimate of drug-likeness (QED) is 0.843. The van der Waals surface area contributed by atoms with Crippen LogP contribution in [0, 0.1) is 0 Å². The lowest BCUT2D eigenvalue weighted by Crippen LogP contribution is -2.08. The molecule has 98 valence electrons. The molecule has 0 heterocycles. The van der Waals surface area contributed by atoms with Crippen molar-refractivity contribution in [3.8, 4) is 5.75 Å². The second kappa shape index (κ2) is 5.91. The number of hydrogen-bond donors (Lipinski definition) is 2. The molecule has 0 fully saturated rings. The molecule has 5 heteroatoms. The Kier molecular flexibility index (Phi) is 4.24. The van der Waals surface area contributed by atoms with Gasteiger partial charge in [0.05, 0.1) is 12.1 Å². The molecule has 0 saturated heterocycles. The highest BCUT2D eigenvalue weighted by molar-refractivity contribution is 7.80. The Morgan fingerprint density at radius 1 is 1.16 bits per heavy atom. The van der Waals surface area contributed by atoms with Gasteiger partial charge >= 0.3 is 0 Å². The van der Waals surface area contributed by atoms with Crippen LogP contribution < -0.4 is 15.8 Å². The van der Waals surface area contributed by atoms with E-state index in [9.17, 15) is 0 Å². The topological polar surface area (TPSA) is 47.3 Å². The number of halogens is 1. The average molecular weight is 293 g/mol. The second-order valence-electron chi connectivity index (χ2n) is 3.92. The Hall–Kier alpha value is -1.78. The van der Waals surface area contributed by atoms with Crippen molar-refractivity contribution >= 4 is 40.2 Å². The van der Waals surface area contributed by atoms with Gasteiger partial charge in [-0.3, -0.25) is 0 Å². The first kappa shape index (κ1) is 13.6. The first-order valence-corrected chi connectivity index (χ1v) is 6.39. The number of anilines is 2. The van der Waals surface area contributed by atoms with Crippen LogP contribution in [-0.2, 0) is 0 Å². The summed E-state index contributed by atoms with van der Waals surface area (Å²) in [5, 5.41) is 3.80. The van der Waals surface area contributed by atoms with Gasteiger partial charge in [-0.1, -0.05) is 23.8 Å². The van der Waals surface area contributed by atoms with Crippen LogP contribution in [0.1, 0.15) is 5.56 Å². The Balaban J connectivity index is 2.16. The summed E-state index contributed by atoms with van der Waals surface area (Å²) >= 11 is 11.0. The molecule has 2 aromatic rings. The highest BCUT2D eigenvalue weighted by atomic mass is 35.5. The van der Waals surface area contributed by atoms with Crippen LogP contribution in [0.3, 0.4) is 0 Å². The monoisotopic (exact) mass is 292 g/mol. The van der Waals surface area contributed by atoms with E-state index in [0.717, 1.165) is 16.9 Å². The SMILES string of the molecule is COc1ccc(Nc2ccc(C(N)=S)cc2)cc1Cl. The van der Waals surface area contributed by atoms with Gasteiger partial charge in [0.25, 0.3) is 0 Å². The highest BCUT2D eigenvalue weighted by Gasteiger charge is 2.02. The summed E-state index contributed by atoms with van der Waals surface area (Å²) in [6.45, 7) is 0. The zero-order valence-corrected chi connectivity index (χ0v) is 11.9. The smallest absolute Gasteiger partial charge is 0.137 e. The molecule has 0 unspecified atom stereocenters. The Morgan fingerprint density at radius 2 is 1.79 bits per heavy atom. The van der Waals surface area contributed by atoms with Crippen LogP contribution in [0.4, 0.5) is 11.4 Å². The molecule has 3 nitrogen and oxygen atoms in total. The fraction of sp³-hybridized carbons (Fsp3) is 0.0714. The summed E-state index contributed by atoms with van der Waals surface area (Å²) < 4.78 is 5.10. The van der Waals surface area contributed by atoms with Gasteiger partial charge < -0.3 is 15.8 Å². The molecular formula is C14H13ClN2OS. The van der Waals surface area contributed by atoms with Gasteiger partial charge in [0.2, 0.25) is 0 Å². The number of rotatable bonds is 4. The highest BCUT2D eigenvalue weighted by Crippen LogP contribution is 2.28. The molecule has 3 N–H and O–H groups in total. The van der Waals surface area contributed by atoms with Gasteiger partial charge in [-0.05, 0) is 42.5 Å². The third-order valence-corrected chi connectivity index (χ3v) is 3.14. The van der Waals surface area contributed by atoms with E-state index in [1.165, 1.54) is 0 Å². The third-order valence-electron chi connectivity index (χ3n) is 2.61. The summed E-state index contributed by atoms with van der Waals surface area (Å²) in [7, 11) is 1.59. The molecule has 0 aliphatic heterocycles.